The zero-order chi connectivity index (χ0) is 15.9. The molecule has 1 amide bonds. The average molecular weight is 342 g/mol. The molecule has 23 heavy (non-hydrogen) atoms. The van der Waals surface area contributed by atoms with Crippen molar-refractivity contribution in [2.75, 3.05) is 0 Å². The monoisotopic (exact) mass is 342 g/mol. The van der Waals surface area contributed by atoms with Gasteiger partial charge >= 0.3 is 5.97 Å². The third kappa shape index (κ3) is 5.83. The number of aromatic amines is 1. The van der Waals surface area contributed by atoms with Crippen LogP contribution in [0.4, 0.5) is 0 Å². The van der Waals surface area contributed by atoms with Crippen LogP contribution in [0, 0.1) is 0 Å². The summed E-state index contributed by atoms with van der Waals surface area (Å²) in [5.41, 5.74) is 1.87. The predicted molar refractivity (Wildman–Crippen MR) is 91.5 cm³/mol. The number of para-hydroxylation sites is 1. The molecule has 0 aliphatic rings. The van der Waals surface area contributed by atoms with E-state index in [2.05, 4.69) is 17.2 Å². The molecule has 1 aromatic carbocycles. The summed E-state index contributed by atoms with van der Waals surface area (Å²) in [6, 6.07) is 6.83. The summed E-state index contributed by atoms with van der Waals surface area (Å²) in [6.45, 7) is 2.06. The van der Waals surface area contributed by atoms with Gasteiger partial charge in [0.2, 0.25) is 5.91 Å². The van der Waals surface area contributed by atoms with Gasteiger partial charge in [-0.05, 0) is 18.1 Å². The van der Waals surface area contributed by atoms with Gasteiger partial charge in [-0.3, -0.25) is 4.79 Å². The number of carbonyl (C=O) groups is 2. The molecular formula is C17H22CaN2O3. The van der Waals surface area contributed by atoms with Gasteiger partial charge in [-0.2, -0.15) is 0 Å². The molecule has 0 saturated heterocycles. The third-order valence-corrected chi connectivity index (χ3v) is 3.74. The summed E-state index contributed by atoms with van der Waals surface area (Å²) in [7, 11) is 0. The molecule has 0 aliphatic heterocycles. The molecule has 0 spiro atoms. The number of aromatic nitrogens is 1. The zero-order valence-corrected chi connectivity index (χ0v) is 15.7. The van der Waals surface area contributed by atoms with Gasteiger partial charge in [0.15, 0.2) is 0 Å². The maximum Gasteiger partial charge on any atom is 0.326 e. The molecule has 1 heterocycles. The molecule has 120 valence electrons. The largest absolute Gasteiger partial charge is 0.480 e. The van der Waals surface area contributed by atoms with E-state index in [4.69, 9.17) is 0 Å². The summed E-state index contributed by atoms with van der Waals surface area (Å²) in [6.07, 6.45) is 5.27. The molecular weight excluding hydrogens is 320 g/mol. The van der Waals surface area contributed by atoms with Crippen LogP contribution in [0.15, 0.2) is 30.5 Å². The van der Waals surface area contributed by atoms with Crippen LogP contribution in [0.2, 0.25) is 0 Å². The van der Waals surface area contributed by atoms with Crippen LogP contribution in [0.3, 0.4) is 0 Å². The summed E-state index contributed by atoms with van der Waals surface area (Å²) >= 11 is 0. The SMILES string of the molecule is CCCCCC(=O)N[C@@H](Cc1c[nH]c2ccccc12)C(=O)O.[Ca]. The maximum atomic E-state index is 11.8. The van der Waals surface area contributed by atoms with E-state index in [1.807, 2.05) is 30.5 Å². The number of rotatable bonds is 8. The quantitative estimate of drug-likeness (QED) is 0.509. The van der Waals surface area contributed by atoms with Gasteiger partial charge in [-0.25, -0.2) is 4.79 Å². The second kappa shape index (κ2) is 9.96. The Kier molecular flexibility index (Phi) is 8.66. The fourth-order valence-corrected chi connectivity index (χ4v) is 2.52. The van der Waals surface area contributed by atoms with Crippen LogP contribution in [-0.4, -0.2) is 65.7 Å². The van der Waals surface area contributed by atoms with Crippen molar-refractivity contribution in [1.29, 1.82) is 0 Å². The van der Waals surface area contributed by atoms with Crippen molar-refractivity contribution in [3.63, 3.8) is 0 Å². The van der Waals surface area contributed by atoms with E-state index >= 15 is 0 Å². The number of aliphatic carboxylic acids is 1. The van der Waals surface area contributed by atoms with Crippen LogP contribution < -0.4 is 5.32 Å². The first-order valence-corrected chi connectivity index (χ1v) is 7.69. The van der Waals surface area contributed by atoms with Gasteiger partial charge in [-0.1, -0.05) is 38.0 Å². The topological polar surface area (TPSA) is 82.2 Å². The smallest absolute Gasteiger partial charge is 0.326 e. The van der Waals surface area contributed by atoms with Crippen LogP contribution in [-0.2, 0) is 16.0 Å². The molecule has 0 unspecified atom stereocenters. The van der Waals surface area contributed by atoms with E-state index in [0.29, 0.717) is 6.42 Å². The van der Waals surface area contributed by atoms with Gasteiger partial charge in [0, 0.05) is 67.7 Å². The Morgan fingerprint density at radius 2 is 2.00 bits per heavy atom. The Morgan fingerprint density at radius 3 is 2.70 bits per heavy atom. The fourth-order valence-electron chi connectivity index (χ4n) is 2.52. The Labute approximate surface area is 165 Å². The number of carboxylic acid groups (broad SMARTS) is 1. The van der Waals surface area contributed by atoms with E-state index in [1.165, 1.54) is 0 Å². The van der Waals surface area contributed by atoms with Crippen molar-refractivity contribution >= 4 is 60.5 Å². The minimum absolute atomic E-state index is 0. The van der Waals surface area contributed by atoms with Crippen LogP contribution in [0.25, 0.3) is 10.9 Å². The Morgan fingerprint density at radius 1 is 1.26 bits per heavy atom. The Hall–Kier alpha value is -1.04. The first-order valence-electron chi connectivity index (χ1n) is 7.69. The van der Waals surface area contributed by atoms with Crippen molar-refractivity contribution in [3.05, 3.63) is 36.0 Å². The average Bonchev–Trinajstić information content (AvgIpc) is 2.90. The molecule has 5 nitrogen and oxygen atoms in total. The van der Waals surface area contributed by atoms with Gasteiger partial charge in [0.1, 0.15) is 6.04 Å². The van der Waals surface area contributed by atoms with E-state index < -0.39 is 12.0 Å². The molecule has 6 heteroatoms. The number of benzene rings is 1. The molecule has 2 aromatic rings. The Balaban J connectivity index is 0.00000264. The van der Waals surface area contributed by atoms with Crippen molar-refractivity contribution in [2.24, 2.45) is 0 Å². The van der Waals surface area contributed by atoms with Crippen molar-refractivity contribution in [3.8, 4) is 0 Å². The number of amides is 1. The normalized spacial score (nSPS) is 11.7. The Bertz CT molecular complexity index is 654. The van der Waals surface area contributed by atoms with Crippen LogP contribution in [0.5, 0.6) is 0 Å². The minimum atomic E-state index is -1.01. The fraction of sp³-hybridized carbons (Fsp3) is 0.412. The second-order valence-corrected chi connectivity index (χ2v) is 5.48. The molecule has 0 bridgehead atoms. The van der Waals surface area contributed by atoms with Gasteiger partial charge in [0.05, 0.1) is 0 Å². The van der Waals surface area contributed by atoms with E-state index in [-0.39, 0.29) is 50.1 Å². The van der Waals surface area contributed by atoms with Crippen molar-refractivity contribution in [2.45, 2.75) is 45.1 Å². The molecule has 2 rings (SSSR count). The van der Waals surface area contributed by atoms with Gasteiger partial charge in [0.25, 0.3) is 0 Å². The number of nitrogens with one attached hydrogen (secondary N) is 2. The standard InChI is InChI=1S/C17H22N2O3.Ca/c1-2-3-4-9-16(20)19-15(17(21)22)10-12-11-18-14-8-6-5-7-13(12)14;/h5-8,11,15,18H,2-4,9-10H2,1H3,(H,19,20)(H,21,22);/t15-;/m0./s1. The number of H-pyrrole nitrogens is 1. The minimum Gasteiger partial charge on any atom is -0.480 e. The van der Waals surface area contributed by atoms with Gasteiger partial charge < -0.3 is 15.4 Å². The number of fused-ring (bicyclic) bond motifs is 1. The summed E-state index contributed by atoms with van der Waals surface area (Å²) in [5.74, 6) is -1.20. The summed E-state index contributed by atoms with van der Waals surface area (Å²) in [4.78, 5) is 26.4. The molecule has 0 aliphatic carbocycles. The molecule has 0 saturated carbocycles. The van der Waals surface area contributed by atoms with E-state index in [0.717, 1.165) is 35.7 Å². The number of hydrogen-bond acceptors (Lipinski definition) is 2. The first-order chi connectivity index (χ1) is 10.6. The molecule has 1 atom stereocenters. The summed E-state index contributed by atoms with van der Waals surface area (Å²) < 4.78 is 0. The second-order valence-electron chi connectivity index (χ2n) is 5.48. The first kappa shape index (κ1) is 20.0. The predicted octanol–water partition coefficient (Wildman–Crippen LogP) is 2.48. The van der Waals surface area contributed by atoms with Gasteiger partial charge in [-0.15, -0.1) is 0 Å². The van der Waals surface area contributed by atoms with Crippen LogP contribution in [0.1, 0.15) is 38.2 Å². The summed E-state index contributed by atoms with van der Waals surface area (Å²) in [5, 5.41) is 13.0. The molecule has 3 N–H and O–H groups in total. The van der Waals surface area contributed by atoms with E-state index in [1.54, 1.807) is 0 Å². The molecule has 2 radical (unpaired) electrons. The molecule has 1 aromatic heterocycles. The third-order valence-electron chi connectivity index (χ3n) is 3.74. The maximum absolute atomic E-state index is 11.8. The number of carboxylic acids is 1. The van der Waals surface area contributed by atoms with Crippen molar-refractivity contribution in [1.82, 2.24) is 10.3 Å². The zero-order valence-electron chi connectivity index (χ0n) is 13.5. The van der Waals surface area contributed by atoms with Crippen LogP contribution >= 0.6 is 0 Å². The number of unbranched alkanes of at least 4 members (excludes halogenated alkanes) is 2. The van der Waals surface area contributed by atoms with Crippen molar-refractivity contribution < 1.29 is 14.7 Å². The number of hydrogen-bond donors (Lipinski definition) is 3. The van der Waals surface area contributed by atoms with E-state index in [9.17, 15) is 14.7 Å². The number of carbonyl (C=O) groups excluding carboxylic acids is 1. The molecule has 0 fully saturated rings.